The number of rotatable bonds is 8. The van der Waals surface area contributed by atoms with Crippen LogP contribution >= 0.6 is 15.9 Å². The van der Waals surface area contributed by atoms with Gasteiger partial charge < -0.3 is 30.1 Å². The van der Waals surface area contributed by atoms with Crippen molar-refractivity contribution < 1.29 is 42.1 Å². The number of nitrogens with one attached hydrogen (secondary N) is 3. The molecule has 3 aromatic rings. The average Bonchev–Trinajstić information content (AvgIpc) is 3.44. The van der Waals surface area contributed by atoms with Gasteiger partial charge in [-0.1, -0.05) is 15.9 Å². The van der Waals surface area contributed by atoms with Gasteiger partial charge in [-0.2, -0.15) is 13.2 Å². The van der Waals surface area contributed by atoms with Crippen molar-refractivity contribution in [3.63, 3.8) is 0 Å². The molecule has 2 heterocycles. The predicted molar refractivity (Wildman–Crippen MR) is 155 cm³/mol. The lowest BCUT2D eigenvalue weighted by Crippen LogP contribution is -2.39. The number of alkyl halides is 3. The van der Waals surface area contributed by atoms with E-state index in [0.717, 1.165) is 9.04 Å². The van der Waals surface area contributed by atoms with Gasteiger partial charge >= 0.3 is 17.8 Å². The van der Waals surface area contributed by atoms with Gasteiger partial charge in [0.15, 0.2) is 18.1 Å². The standard InChI is InChI=1S/C25H26BrN5O6.C2HF3O2/c1-30-23(33)12-21(29-25(30)35)31-10-9-18(13-31)28-24(34)15-3-8-19(20(11-15)36-2)37-14-22(32)27-17-6-4-16(26)5-7-17;3-2(4,5)1(6)7/h3-8,11-12,18H,9-10,13-14H2,1-2H3,(H,27,32)(H,28,34)(H,29,35);(H,6,7). The van der Waals surface area contributed by atoms with Gasteiger partial charge in [0.2, 0.25) is 0 Å². The van der Waals surface area contributed by atoms with E-state index < -0.39 is 23.4 Å². The molecule has 1 aromatic heterocycles. The van der Waals surface area contributed by atoms with Crippen molar-refractivity contribution in [2.24, 2.45) is 7.05 Å². The van der Waals surface area contributed by atoms with E-state index in [1.165, 1.54) is 20.2 Å². The summed E-state index contributed by atoms with van der Waals surface area (Å²) in [4.78, 5) is 62.3. The van der Waals surface area contributed by atoms with Crippen LogP contribution in [0.3, 0.4) is 0 Å². The van der Waals surface area contributed by atoms with E-state index in [4.69, 9.17) is 19.4 Å². The molecule has 0 radical (unpaired) electrons. The Kier molecular flexibility index (Phi) is 11.2. The highest BCUT2D eigenvalue weighted by Crippen LogP contribution is 2.28. The van der Waals surface area contributed by atoms with Crippen molar-refractivity contribution in [2.45, 2.75) is 18.6 Å². The van der Waals surface area contributed by atoms with E-state index in [1.54, 1.807) is 30.3 Å². The third-order valence-corrected chi connectivity index (χ3v) is 6.68. The zero-order valence-electron chi connectivity index (χ0n) is 23.2. The van der Waals surface area contributed by atoms with Crippen LogP contribution in [0.4, 0.5) is 24.7 Å². The smallest absolute Gasteiger partial charge is 0.490 e. The highest BCUT2D eigenvalue weighted by molar-refractivity contribution is 9.10. The molecule has 1 fully saturated rings. The number of aromatic amines is 1. The summed E-state index contributed by atoms with van der Waals surface area (Å²) >= 11 is 3.34. The summed E-state index contributed by atoms with van der Waals surface area (Å²) in [6.07, 6.45) is -4.44. The molecule has 0 saturated carbocycles. The lowest BCUT2D eigenvalue weighted by molar-refractivity contribution is -0.192. The minimum atomic E-state index is -5.08. The molecule has 0 aliphatic carbocycles. The minimum Gasteiger partial charge on any atom is -0.493 e. The number of hydrogen-bond donors (Lipinski definition) is 4. The lowest BCUT2D eigenvalue weighted by Gasteiger charge is -2.18. The Hall–Kier alpha value is -4.80. The zero-order chi connectivity index (χ0) is 32.6. The van der Waals surface area contributed by atoms with E-state index in [1.807, 2.05) is 17.0 Å². The first kappa shape index (κ1) is 33.7. The fourth-order valence-corrected chi connectivity index (χ4v) is 4.15. The third kappa shape index (κ3) is 9.35. The van der Waals surface area contributed by atoms with Gasteiger partial charge in [0.05, 0.1) is 7.11 Å². The summed E-state index contributed by atoms with van der Waals surface area (Å²) in [5.74, 6) is -2.33. The van der Waals surface area contributed by atoms with Crippen molar-refractivity contribution in [1.82, 2.24) is 14.9 Å². The van der Waals surface area contributed by atoms with Crippen LogP contribution in [0.1, 0.15) is 16.8 Å². The minimum absolute atomic E-state index is 0.177. The highest BCUT2D eigenvalue weighted by atomic mass is 79.9. The van der Waals surface area contributed by atoms with Gasteiger partial charge in [-0.25, -0.2) is 9.59 Å². The average molecular weight is 686 g/mol. The number of anilines is 2. The Morgan fingerprint density at radius 2 is 1.75 bits per heavy atom. The second-order valence-electron chi connectivity index (χ2n) is 9.27. The van der Waals surface area contributed by atoms with Crippen LogP contribution in [0.2, 0.25) is 0 Å². The number of methoxy groups -OCH3 is 1. The van der Waals surface area contributed by atoms with Crippen molar-refractivity contribution in [3.05, 3.63) is 79.4 Å². The molecule has 1 aliphatic rings. The summed E-state index contributed by atoms with van der Waals surface area (Å²) in [7, 11) is 2.85. The van der Waals surface area contributed by atoms with Crippen molar-refractivity contribution >= 4 is 45.2 Å². The van der Waals surface area contributed by atoms with E-state index in [-0.39, 0.29) is 24.5 Å². The first-order chi connectivity index (χ1) is 20.7. The largest absolute Gasteiger partial charge is 0.493 e. The first-order valence-electron chi connectivity index (χ1n) is 12.7. The number of ether oxygens (including phenoxy) is 2. The maximum Gasteiger partial charge on any atom is 0.490 e. The van der Waals surface area contributed by atoms with Crippen LogP contribution in [0.5, 0.6) is 11.5 Å². The molecule has 1 saturated heterocycles. The highest BCUT2D eigenvalue weighted by Gasteiger charge is 2.38. The predicted octanol–water partition coefficient (Wildman–Crippen LogP) is 2.50. The van der Waals surface area contributed by atoms with Crippen LogP contribution in [0.25, 0.3) is 0 Å². The van der Waals surface area contributed by atoms with Crippen molar-refractivity contribution in [3.8, 4) is 11.5 Å². The molecule has 0 spiro atoms. The fraction of sp³-hybridized carbons (Fsp3) is 0.296. The summed E-state index contributed by atoms with van der Waals surface area (Å²) in [5.41, 5.74) is 0.118. The third-order valence-electron chi connectivity index (χ3n) is 6.15. The number of carboxylic acid groups (broad SMARTS) is 1. The van der Waals surface area contributed by atoms with Gasteiger partial charge in [-0.15, -0.1) is 0 Å². The van der Waals surface area contributed by atoms with E-state index in [0.29, 0.717) is 48.1 Å². The number of benzene rings is 2. The Labute approximate surface area is 255 Å². The van der Waals surface area contributed by atoms with Crippen LogP contribution in [-0.4, -0.2) is 71.5 Å². The number of aromatic nitrogens is 2. The van der Waals surface area contributed by atoms with Crippen LogP contribution in [0.15, 0.2) is 62.6 Å². The number of halogens is 4. The van der Waals surface area contributed by atoms with Gasteiger partial charge in [-0.3, -0.25) is 23.9 Å². The molecule has 1 aliphatic heterocycles. The number of H-pyrrole nitrogens is 1. The monoisotopic (exact) mass is 685 g/mol. The molecule has 1 unspecified atom stereocenters. The SMILES string of the molecule is COc1cc(C(=O)NC2CCN(c3cc(=O)n(C)c(=O)[nH]3)C2)ccc1OCC(=O)Nc1ccc(Br)cc1.O=C(O)C(F)(F)F. The first-order valence-corrected chi connectivity index (χ1v) is 13.5. The molecule has 4 N–H and O–H groups in total. The number of nitrogens with zero attached hydrogens (tertiary/aromatic N) is 2. The second kappa shape index (κ2) is 14.6. The molecular weight excluding hydrogens is 659 g/mol. The number of carbonyl (C=O) groups excluding carboxylic acids is 2. The molecule has 2 aromatic carbocycles. The summed E-state index contributed by atoms with van der Waals surface area (Å²) in [6, 6.07) is 13.1. The topological polar surface area (TPSA) is 172 Å². The van der Waals surface area contributed by atoms with E-state index in [2.05, 4.69) is 31.5 Å². The molecular formula is C27H27BrF3N5O8. The molecule has 44 heavy (non-hydrogen) atoms. The van der Waals surface area contributed by atoms with Crippen molar-refractivity contribution in [1.29, 1.82) is 0 Å². The second-order valence-corrected chi connectivity index (χ2v) is 10.2. The fourth-order valence-electron chi connectivity index (χ4n) is 3.88. The molecule has 17 heteroatoms. The number of aliphatic carboxylic acids is 1. The van der Waals surface area contributed by atoms with E-state index >= 15 is 0 Å². The molecule has 13 nitrogen and oxygen atoms in total. The summed E-state index contributed by atoms with van der Waals surface area (Å²) in [6.45, 7) is 0.785. The van der Waals surface area contributed by atoms with Crippen LogP contribution in [0, 0.1) is 0 Å². The molecule has 2 amide bonds. The van der Waals surface area contributed by atoms with Gasteiger partial charge in [0, 0.05) is 48.0 Å². The van der Waals surface area contributed by atoms with Gasteiger partial charge in [-0.05, 0) is 48.9 Å². The number of carbonyl (C=O) groups is 3. The van der Waals surface area contributed by atoms with Crippen molar-refractivity contribution in [2.75, 3.05) is 37.0 Å². The number of carboxylic acids is 1. The quantitative estimate of drug-likeness (QED) is 0.278. The zero-order valence-corrected chi connectivity index (χ0v) is 24.8. The normalized spacial score (nSPS) is 14.2. The van der Waals surface area contributed by atoms with Crippen LogP contribution in [-0.2, 0) is 16.6 Å². The number of amides is 2. The molecule has 236 valence electrons. The number of hydrogen-bond acceptors (Lipinski definition) is 8. The summed E-state index contributed by atoms with van der Waals surface area (Å²) < 4.78 is 44.6. The maximum atomic E-state index is 12.9. The Morgan fingerprint density at radius 3 is 2.34 bits per heavy atom. The molecule has 0 bridgehead atoms. The lowest BCUT2D eigenvalue weighted by atomic mass is 10.1. The maximum absolute atomic E-state index is 12.9. The Morgan fingerprint density at radius 1 is 1.09 bits per heavy atom. The van der Waals surface area contributed by atoms with Gasteiger partial charge in [0.1, 0.15) is 5.82 Å². The summed E-state index contributed by atoms with van der Waals surface area (Å²) in [5, 5.41) is 12.8. The van der Waals surface area contributed by atoms with Crippen LogP contribution < -0.4 is 36.3 Å². The molecule has 1 atom stereocenters. The van der Waals surface area contributed by atoms with E-state index in [9.17, 15) is 32.3 Å². The molecule has 4 rings (SSSR count). The Balaban J connectivity index is 0.000000676. The Bertz CT molecular complexity index is 1590. The van der Waals surface area contributed by atoms with Gasteiger partial charge in [0.25, 0.3) is 17.4 Å².